The van der Waals surface area contributed by atoms with E-state index in [0.717, 1.165) is 47.0 Å². The summed E-state index contributed by atoms with van der Waals surface area (Å²) >= 11 is 0. The molecule has 1 aliphatic carbocycles. The Morgan fingerprint density at radius 2 is 2.04 bits per heavy atom. The lowest BCUT2D eigenvalue weighted by atomic mass is 9.85. The molecule has 1 N–H and O–H groups in total. The maximum Gasteiger partial charge on any atom is 0.241 e. The lowest BCUT2D eigenvalue weighted by Crippen LogP contribution is -2.22. The number of anilines is 1. The highest BCUT2D eigenvalue weighted by molar-refractivity contribution is 5.79. The molecule has 4 aromatic heterocycles. The van der Waals surface area contributed by atoms with Crippen LogP contribution in [0.4, 0.5) is 5.95 Å². The number of hydrogen-bond donors (Lipinski definition) is 1. The van der Waals surface area contributed by atoms with Gasteiger partial charge in [0, 0.05) is 42.0 Å². The summed E-state index contributed by atoms with van der Waals surface area (Å²) in [7, 11) is 0. The summed E-state index contributed by atoms with van der Waals surface area (Å²) in [6, 6.07) is 2.06. The minimum Gasteiger partial charge on any atom is -0.353 e. The lowest BCUT2D eigenvalue weighted by molar-refractivity contribution is 0.333. The molecule has 1 saturated carbocycles. The molecule has 132 valence electrons. The van der Waals surface area contributed by atoms with Crippen molar-refractivity contribution in [2.75, 3.05) is 11.9 Å². The first-order valence-corrected chi connectivity index (χ1v) is 9.22. The Morgan fingerprint density at radius 1 is 1.15 bits per heavy atom. The normalized spacial score (nSPS) is 14.8. The number of aryl methyl sites for hydroxylation is 1. The van der Waals surface area contributed by atoms with E-state index in [1.54, 1.807) is 0 Å². The van der Waals surface area contributed by atoms with Crippen LogP contribution in [0.1, 0.15) is 31.9 Å². The van der Waals surface area contributed by atoms with Crippen LogP contribution in [-0.2, 0) is 6.42 Å². The molecule has 7 nitrogen and oxygen atoms in total. The van der Waals surface area contributed by atoms with Gasteiger partial charge in [0.15, 0.2) is 0 Å². The van der Waals surface area contributed by atoms with Crippen molar-refractivity contribution in [1.82, 2.24) is 29.0 Å². The van der Waals surface area contributed by atoms with Gasteiger partial charge in [-0.25, -0.2) is 19.5 Å². The molecule has 0 spiro atoms. The molecule has 0 unspecified atom stereocenters. The highest BCUT2D eigenvalue weighted by atomic mass is 15.3. The topological polar surface area (TPSA) is 72.4 Å². The van der Waals surface area contributed by atoms with E-state index < -0.39 is 0 Å². The Kier molecular flexibility index (Phi) is 3.58. The Hall–Kier alpha value is -2.96. The first kappa shape index (κ1) is 15.3. The van der Waals surface area contributed by atoms with E-state index in [0.29, 0.717) is 5.95 Å². The van der Waals surface area contributed by atoms with Gasteiger partial charge in [0.1, 0.15) is 0 Å². The van der Waals surface area contributed by atoms with E-state index in [9.17, 15) is 0 Å². The van der Waals surface area contributed by atoms with Crippen LogP contribution >= 0.6 is 0 Å². The molecule has 4 heterocycles. The van der Waals surface area contributed by atoms with Gasteiger partial charge in [-0.2, -0.15) is 0 Å². The second-order valence-electron chi connectivity index (χ2n) is 6.93. The summed E-state index contributed by atoms with van der Waals surface area (Å²) in [4.78, 5) is 13.3. The van der Waals surface area contributed by atoms with Crippen molar-refractivity contribution in [3.8, 4) is 11.1 Å². The fourth-order valence-corrected chi connectivity index (χ4v) is 3.48. The fourth-order valence-electron chi connectivity index (χ4n) is 3.48. The first-order chi connectivity index (χ1) is 12.8. The van der Waals surface area contributed by atoms with Crippen LogP contribution in [-0.4, -0.2) is 35.5 Å². The van der Waals surface area contributed by atoms with E-state index >= 15 is 0 Å². The van der Waals surface area contributed by atoms with Gasteiger partial charge in [0.05, 0.1) is 17.9 Å². The van der Waals surface area contributed by atoms with Crippen molar-refractivity contribution < 1.29 is 0 Å². The number of imidazole rings is 1. The summed E-state index contributed by atoms with van der Waals surface area (Å²) in [5.41, 5.74) is 4.22. The predicted molar refractivity (Wildman–Crippen MR) is 100 cm³/mol. The number of rotatable bonds is 5. The number of aromatic nitrogens is 6. The summed E-state index contributed by atoms with van der Waals surface area (Å²) < 4.78 is 3.93. The van der Waals surface area contributed by atoms with Gasteiger partial charge >= 0.3 is 0 Å². The molecule has 0 amide bonds. The molecule has 1 aliphatic rings. The fraction of sp³-hybridized carbons (Fsp3) is 0.368. The molecular weight excluding hydrogens is 326 g/mol. The number of hydrogen-bond acceptors (Lipinski definition) is 5. The SMILES string of the molecule is CCc1cnc2ncc(-c3ccn4nc(NCC5CCC5)ncc34)cn12. The van der Waals surface area contributed by atoms with Gasteiger partial charge in [-0.15, -0.1) is 5.10 Å². The Balaban J connectivity index is 1.48. The predicted octanol–water partition coefficient (Wildman–Crippen LogP) is 3.21. The van der Waals surface area contributed by atoms with Crippen LogP contribution in [0.15, 0.2) is 37.1 Å². The molecule has 0 bridgehead atoms. The largest absolute Gasteiger partial charge is 0.353 e. The van der Waals surface area contributed by atoms with Gasteiger partial charge < -0.3 is 5.32 Å². The molecule has 7 heteroatoms. The van der Waals surface area contributed by atoms with Crippen molar-refractivity contribution in [3.05, 3.63) is 42.7 Å². The van der Waals surface area contributed by atoms with Gasteiger partial charge in [-0.3, -0.25) is 4.40 Å². The van der Waals surface area contributed by atoms with Gasteiger partial charge in [0.2, 0.25) is 11.7 Å². The monoisotopic (exact) mass is 347 g/mol. The minimum absolute atomic E-state index is 0.683. The van der Waals surface area contributed by atoms with Crippen molar-refractivity contribution in [3.63, 3.8) is 0 Å². The van der Waals surface area contributed by atoms with Crippen molar-refractivity contribution in [2.24, 2.45) is 5.92 Å². The second kappa shape index (κ2) is 6.09. The van der Waals surface area contributed by atoms with Crippen LogP contribution in [0.25, 0.3) is 22.4 Å². The third-order valence-electron chi connectivity index (χ3n) is 5.30. The van der Waals surface area contributed by atoms with Gasteiger partial charge in [0.25, 0.3) is 0 Å². The van der Waals surface area contributed by atoms with Gasteiger partial charge in [-0.1, -0.05) is 13.3 Å². The average molecular weight is 347 g/mol. The number of nitrogens with zero attached hydrogens (tertiary/aromatic N) is 6. The zero-order chi connectivity index (χ0) is 17.5. The standard InChI is InChI=1S/C19H21N7/c1-2-15-10-23-19-22-9-14(12-25(15)19)16-6-7-26-17(16)11-21-18(24-26)20-8-13-4-3-5-13/h6-7,9-13H,2-5,8H2,1H3,(H,20,24). The summed E-state index contributed by atoms with van der Waals surface area (Å²) in [5, 5.41) is 7.95. The van der Waals surface area contributed by atoms with Crippen molar-refractivity contribution in [1.29, 1.82) is 0 Å². The Morgan fingerprint density at radius 3 is 2.85 bits per heavy atom. The van der Waals surface area contributed by atoms with E-state index in [1.807, 2.05) is 33.7 Å². The average Bonchev–Trinajstić information content (AvgIpc) is 3.23. The molecule has 26 heavy (non-hydrogen) atoms. The first-order valence-electron chi connectivity index (χ1n) is 9.22. The maximum absolute atomic E-state index is 4.59. The minimum atomic E-state index is 0.683. The Labute approximate surface area is 151 Å². The van der Waals surface area contributed by atoms with Crippen LogP contribution in [0.2, 0.25) is 0 Å². The van der Waals surface area contributed by atoms with E-state index in [1.165, 1.54) is 19.3 Å². The van der Waals surface area contributed by atoms with Gasteiger partial charge in [-0.05, 0) is 31.2 Å². The quantitative estimate of drug-likeness (QED) is 0.600. The molecule has 0 radical (unpaired) electrons. The van der Waals surface area contributed by atoms with Crippen molar-refractivity contribution in [2.45, 2.75) is 32.6 Å². The molecule has 4 aromatic rings. The molecule has 0 aromatic carbocycles. The third kappa shape index (κ3) is 2.51. The molecule has 0 saturated heterocycles. The van der Waals surface area contributed by atoms with Crippen molar-refractivity contribution >= 4 is 17.2 Å². The van der Waals surface area contributed by atoms with Crippen LogP contribution < -0.4 is 5.32 Å². The number of fused-ring (bicyclic) bond motifs is 2. The highest BCUT2D eigenvalue weighted by Gasteiger charge is 2.17. The summed E-state index contributed by atoms with van der Waals surface area (Å²) in [6.45, 7) is 3.08. The molecule has 5 rings (SSSR count). The lowest BCUT2D eigenvalue weighted by Gasteiger charge is -2.25. The molecule has 0 aliphatic heterocycles. The van der Waals surface area contributed by atoms with Crippen LogP contribution in [0.3, 0.4) is 0 Å². The van der Waals surface area contributed by atoms with E-state index in [-0.39, 0.29) is 0 Å². The Bertz CT molecular complexity index is 1070. The smallest absolute Gasteiger partial charge is 0.241 e. The molecule has 1 fully saturated rings. The maximum atomic E-state index is 4.59. The molecular formula is C19H21N7. The zero-order valence-electron chi connectivity index (χ0n) is 14.8. The summed E-state index contributed by atoms with van der Waals surface area (Å²) in [6.07, 6.45) is 14.6. The highest BCUT2D eigenvalue weighted by Crippen LogP contribution is 2.27. The number of nitrogens with one attached hydrogen (secondary N) is 1. The summed E-state index contributed by atoms with van der Waals surface area (Å²) in [5.74, 6) is 2.19. The van der Waals surface area contributed by atoms with E-state index in [4.69, 9.17) is 0 Å². The molecule has 0 atom stereocenters. The zero-order valence-corrected chi connectivity index (χ0v) is 14.8. The van der Waals surface area contributed by atoms with E-state index in [2.05, 4.69) is 44.6 Å². The van der Waals surface area contributed by atoms with Crippen LogP contribution in [0, 0.1) is 5.92 Å². The van der Waals surface area contributed by atoms with Crippen LogP contribution in [0.5, 0.6) is 0 Å². The second-order valence-corrected chi connectivity index (χ2v) is 6.93. The third-order valence-corrected chi connectivity index (χ3v) is 5.30.